The van der Waals surface area contributed by atoms with Crippen LogP contribution in [0, 0.1) is 5.41 Å². The third-order valence-corrected chi connectivity index (χ3v) is 5.82. The summed E-state index contributed by atoms with van der Waals surface area (Å²) in [4.78, 5) is 12.1. The fraction of sp³-hybridized carbons (Fsp3) is 0.929. The summed E-state index contributed by atoms with van der Waals surface area (Å²) in [6, 6.07) is -0.734. The van der Waals surface area contributed by atoms with E-state index in [9.17, 15) is 13.2 Å². The molecule has 0 radical (unpaired) electrons. The Labute approximate surface area is 139 Å². The van der Waals surface area contributed by atoms with Gasteiger partial charge in [0, 0.05) is 24.8 Å². The van der Waals surface area contributed by atoms with Gasteiger partial charge in [-0.3, -0.25) is 4.79 Å². The van der Waals surface area contributed by atoms with Gasteiger partial charge in [-0.25, -0.2) is 8.42 Å². The van der Waals surface area contributed by atoms with Crippen molar-refractivity contribution in [2.75, 3.05) is 19.1 Å². The molecule has 3 unspecified atom stereocenters. The molecule has 0 heterocycles. The molecule has 8 heteroatoms. The van der Waals surface area contributed by atoms with Crippen molar-refractivity contribution in [3.8, 4) is 0 Å². The molecule has 1 amide bonds. The van der Waals surface area contributed by atoms with Gasteiger partial charge in [-0.05, 0) is 25.7 Å². The molecule has 0 spiro atoms. The second-order valence-electron chi connectivity index (χ2n) is 5.99. The zero-order chi connectivity index (χ0) is 16.3. The van der Waals surface area contributed by atoms with Crippen LogP contribution in [-0.4, -0.2) is 51.6 Å². The van der Waals surface area contributed by atoms with Crippen LogP contribution in [-0.2, 0) is 19.4 Å². The van der Waals surface area contributed by atoms with Crippen molar-refractivity contribution < 1.29 is 17.9 Å². The quantitative estimate of drug-likeness (QED) is 0.672. The lowest BCUT2D eigenvalue weighted by Gasteiger charge is -2.55. The summed E-state index contributed by atoms with van der Waals surface area (Å²) < 4.78 is 27.7. The Hall–Kier alpha value is -0.370. The predicted octanol–water partition coefficient (Wildman–Crippen LogP) is 0.880. The van der Waals surface area contributed by atoms with Gasteiger partial charge < -0.3 is 15.8 Å². The van der Waals surface area contributed by atoms with Crippen LogP contribution in [0.15, 0.2) is 0 Å². The molecule has 3 N–H and O–H groups in total. The summed E-state index contributed by atoms with van der Waals surface area (Å²) in [6.07, 6.45) is 4.08. The summed E-state index contributed by atoms with van der Waals surface area (Å²) in [7, 11) is -1.40. The minimum absolute atomic E-state index is 0. The Kier molecular flexibility index (Phi) is 8.33. The minimum atomic E-state index is -3.10. The number of hydrogen-bond donors (Lipinski definition) is 2. The van der Waals surface area contributed by atoms with Crippen LogP contribution in [0.25, 0.3) is 0 Å². The van der Waals surface area contributed by atoms with Gasteiger partial charge in [-0.15, -0.1) is 12.4 Å². The second-order valence-corrected chi connectivity index (χ2v) is 8.25. The van der Waals surface area contributed by atoms with Crippen molar-refractivity contribution in [1.82, 2.24) is 5.32 Å². The lowest BCUT2D eigenvalue weighted by molar-refractivity contribution is -0.142. The van der Waals surface area contributed by atoms with Gasteiger partial charge in [0.1, 0.15) is 9.84 Å². The molecule has 1 fully saturated rings. The molecule has 6 nitrogen and oxygen atoms in total. The van der Waals surface area contributed by atoms with Gasteiger partial charge in [0.05, 0.1) is 17.9 Å². The molecule has 132 valence electrons. The molecular formula is C14H29ClN2O4S. The van der Waals surface area contributed by atoms with Crippen LogP contribution in [0.2, 0.25) is 0 Å². The highest BCUT2D eigenvalue weighted by Gasteiger charge is 2.53. The van der Waals surface area contributed by atoms with Gasteiger partial charge in [0.2, 0.25) is 5.91 Å². The number of nitrogens with one attached hydrogen (secondary N) is 1. The highest BCUT2D eigenvalue weighted by molar-refractivity contribution is 7.90. The summed E-state index contributed by atoms with van der Waals surface area (Å²) in [6.45, 7) is 4.19. The number of amides is 1. The average Bonchev–Trinajstić information content (AvgIpc) is 2.40. The minimum Gasteiger partial charge on any atom is -0.381 e. The molecular weight excluding hydrogens is 328 g/mol. The molecule has 1 saturated carbocycles. The molecule has 1 aliphatic carbocycles. The normalized spacial score (nSPS) is 24.8. The second kappa shape index (κ2) is 8.47. The first kappa shape index (κ1) is 21.6. The Morgan fingerprint density at radius 1 is 1.41 bits per heavy atom. The highest BCUT2D eigenvalue weighted by atomic mass is 35.5. The first-order valence-corrected chi connectivity index (χ1v) is 9.52. The average molecular weight is 357 g/mol. The van der Waals surface area contributed by atoms with E-state index in [4.69, 9.17) is 10.5 Å². The Balaban J connectivity index is 0.00000441. The predicted molar refractivity (Wildman–Crippen MR) is 89.9 cm³/mol. The van der Waals surface area contributed by atoms with Crippen LogP contribution in [0.5, 0.6) is 0 Å². The maximum atomic E-state index is 12.1. The maximum Gasteiger partial charge on any atom is 0.237 e. The van der Waals surface area contributed by atoms with Crippen molar-refractivity contribution in [2.24, 2.45) is 11.1 Å². The lowest BCUT2D eigenvalue weighted by Crippen LogP contribution is -2.65. The fourth-order valence-corrected chi connectivity index (χ4v) is 3.91. The maximum absolute atomic E-state index is 12.1. The van der Waals surface area contributed by atoms with Gasteiger partial charge in [0.25, 0.3) is 0 Å². The Morgan fingerprint density at radius 3 is 2.36 bits per heavy atom. The van der Waals surface area contributed by atoms with Crippen molar-refractivity contribution in [1.29, 1.82) is 0 Å². The number of rotatable bonds is 8. The van der Waals surface area contributed by atoms with E-state index in [-0.39, 0.29) is 48.0 Å². The highest BCUT2D eigenvalue weighted by Crippen LogP contribution is 2.48. The molecule has 0 aliphatic heterocycles. The van der Waals surface area contributed by atoms with E-state index in [1.54, 1.807) is 7.11 Å². The smallest absolute Gasteiger partial charge is 0.237 e. The van der Waals surface area contributed by atoms with Gasteiger partial charge in [0.15, 0.2) is 0 Å². The summed E-state index contributed by atoms with van der Waals surface area (Å²) in [5, 5.41) is 2.97. The van der Waals surface area contributed by atoms with Gasteiger partial charge >= 0.3 is 0 Å². The van der Waals surface area contributed by atoms with E-state index >= 15 is 0 Å². The van der Waals surface area contributed by atoms with E-state index in [0.717, 1.165) is 25.5 Å². The summed E-state index contributed by atoms with van der Waals surface area (Å²) in [5.41, 5.74) is 5.74. The summed E-state index contributed by atoms with van der Waals surface area (Å²) >= 11 is 0. The zero-order valence-corrected chi connectivity index (χ0v) is 15.4. The topological polar surface area (TPSA) is 98.5 Å². The zero-order valence-electron chi connectivity index (χ0n) is 13.8. The first-order valence-electron chi connectivity index (χ1n) is 7.46. The Morgan fingerprint density at radius 2 is 1.95 bits per heavy atom. The molecule has 3 atom stereocenters. The molecule has 0 aromatic carbocycles. The van der Waals surface area contributed by atoms with E-state index in [1.165, 1.54) is 0 Å². The number of halogens is 1. The van der Waals surface area contributed by atoms with Crippen LogP contribution in [0.4, 0.5) is 0 Å². The van der Waals surface area contributed by atoms with Gasteiger partial charge in [-0.1, -0.05) is 13.8 Å². The Bertz CT molecular complexity index is 465. The van der Waals surface area contributed by atoms with Crippen LogP contribution in [0.1, 0.15) is 39.5 Å². The number of nitrogens with two attached hydrogens (primary N) is 1. The number of ether oxygens (including phenoxy) is 1. The number of methoxy groups -OCH3 is 1. The summed E-state index contributed by atoms with van der Waals surface area (Å²) in [5.74, 6) is -0.343. The van der Waals surface area contributed by atoms with E-state index < -0.39 is 15.9 Å². The van der Waals surface area contributed by atoms with Crippen LogP contribution < -0.4 is 11.1 Å². The molecule has 0 aromatic rings. The molecule has 1 rings (SSSR count). The van der Waals surface area contributed by atoms with Crippen LogP contribution in [0.3, 0.4) is 0 Å². The van der Waals surface area contributed by atoms with Crippen molar-refractivity contribution >= 4 is 28.2 Å². The standard InChI is InChI=1S/C14H28N2O4S.ClH/c1-5-14(6-2)11(9-12(14)20-3)16-13(17)10(15)7-8-21(4,18)19;/h10-12H,5-9,15H2,1-4H3,(H,16,17);1H. The third-order valence-electron chi connectivity index (χ3n) is 4.84. The number of carbonyl (C=O) groups is 1. The van der Waals surface area contributed by atoms with Gasteiger partial charge in [-0.2, -0.15) is 0 Å². The van der Waals surface area contributed by atoms with Crippen molar-refractivity contribution in [3.63, 3.8) is 0 Å². The third kappa shape index (κ3) is 4.81. The number of carbonyl (C=O) groups excluding carboxylic acids is 1. The molecule has 22 heavy (non-hydrogen) atoms. The molecule has 0 bridgehead atoms. The van der Waals surface area contributed by atoms with Crippen molar-refractivity contribution in [3.05, 3.63) is 0 Å². The number of sulfone groups is 1. The van der Waals surface area contributed by atoms with E-state index in [2.05, 4.69) is 19.2 Å². The largest absolute Gasteiger partial charge is 0.381 e. The van der Waals surface area contributed by atoms with Crippen LogP contribution >= 0.6 is 12.4 Å². The molecule has 1 aliphatic rings. The first-order chi connectivity index (χ1) is 9.70. The fourth-order valence-electron chi connectivity index (χ4n) is 3.23. The molecule has 0 aromatic heterocycles. The monoisotopic (exact) mass is 356 g/mol. The van der Waals surface area contributed by atoms with E-state index in [1.807, 2.05) is 0 Å². The number of hydrogen-bond acceptors (Lipinski definition) is 5. The van der Waals surface area contributed by atoms with E-state index in [0.29, 0.717) is 0 Å². The SMILES string of the molecule is CCC1(CC)C(NC(=O)C(N)CCS(C)(=O)=O)CC1OC.Cl. The van der Waals surface area contributed by atoms with Crippen molar-refractivity contribution in [2.45, 2.75) is 57.7 Å². The molecule has 0 saturated heterocycles. The lowest BCUT2D eigenvalue weighted by atomic mass is 9.58.